The van der Waals surface area contributed by atoms with E-state index in [1.807, 2.05) is 6.07 Å². The minimum atomic E-state index is 0.269. The van der Waals surface area contributed by atoms with E-state index in [4.69, 9.17) is 28.9 Å². The Morgan fingerprint density at radius 2 is 2.11 bits per heavy atom. The number of nitrogens with two attached hydrogens (primary N) is 1. The maximum Gasteiger partial charge on any atom is 0.152 e. The van der Waals surface area contributed by atoms with Crippen molar-refractivity contribution in [1.29, 1.82) is 0 Å². The molecule has 98 valence electrons. The minimum absolute atomic E-state index is 0.269. The highest BCUT2D eigenvalue weighted by molar-refractivity contribution is 7.99. The van der Waals surface area contributed by atoms with Gasteiger partial charge in [0.1, 0.15) is 5.03 Å². The first-order valence-electron chi connectivity index (χ1n) is 5.42. The van der Waals surface area contributed by atoms with Crippen molar-refractivity contribution in [3.8, 4) is 0 Å². The van der Waals surface area contributed by atoms with Crippen LogP contribution in [0.4, 0.5) is 0 Å². The van der Waals surface area contributed by atoms with Crippen LogP contribution in [-0.4, -0.2) is 11.3 Å². The van der Waals surface area contributed by atoms with Crippen molar-refractivity contribution in [2.75, 3.05) is 0 Å². The highest BCUT2D eigenvalue weighted by Gasteiger charge is 2.12. The molecule has 6 heteroatoms. The van der Waals surface area contributed by atoms with Crippen molar-refractivity contribution in [1.82, 2.24) is 4.98 Å². The summed E-state index contributed by atoms with van der Waals surface area (Å²) < 4.78 is 0. The molecule has 1 aromatic carbocycles. The molecule has 19 heavy (non-hydrogen) atoms. The molecule has 0 aliphatic heterocycles. The number of aldehydes is 1. The summed E-state index contributed by atoms with van der Waals surface area (Å²) in [6.07, 6.45) is 2.41. The monoisotopic (exact) mass is 312 g/mol. The van der Waals surface area contributed by atoms with Gasteiger partial charge in [0.15, 0.2) is 6.29 Å². The van der Waals surface area contributed by atoms with Crippen LogP contribution in [0.5, 0.6) is 0 Å². The Bertz CT molecular complexity index is 620. The molecule has 0 aliphatic carbocycles. The fraction of sp³-hybridized carbons (Fsp3) is 0.0769. The lowest BCUT2D eigenvalue weighted by molar-refractivity contribution is 0.112. The molecule has 0 saturated carbocycles. The maximum atomic E-state index is 11.0. The number of rotatable bonds is 4. The van der Waals surface area contributed by atoms with E-state index >= 15 is 0 Å². The van der Waals surface area contributed by atoms with E-state index in [-0.39, 0.29) is 6.54 Å². The number of carbonyl (C=O) groups is 1. The maximum absolute atomic E-state index is 11.0. The highest BCUT2D eigenvalue weighted by Crippen LogP contribution is 2.37. The predicted octanol–water partition coefficient (Wildman–Crippen LogP) is 3.81. The average Bonchev–Trinajstić information content (AvgIpc) is 2.44. The SMILES string of the molecule is NCc1c(Sc2ncccc2C=O)ccc(Cl)c1Cl. The molecule has 1 heterocycles. The van der Waals surface area contributed by atoms with Crippen LogP contribution in [0.2, 0.25) is 10.0 Å². The Hall–Kier alpha value is -1.07. The van der Waals surface area contributed by atoms with Crippen LogP contribution in [0.25, 0.3) is 0 Å². The fourth-order valence-corrected chi connectivity index (χ4v) is 3.02. The van der Waals surface area contributed by atoms with Gasteiger partial charge in [0.25, 0.3) is 0 Å². The predicted molar refractivity (Wildman–Crippen MR) is 78.1 cm³/mol. The summed E-state index contributed by atoms with van der Waals surface area (Å²) in [7, 11) is 0. The number of hydrogen-bond acceptors (Lipinski definition) is 4. The molecule has 0 aliphatic rings. The molecular weight excluding hydrogens is 303 g/mol. The third-order valence-electron chi connectivity index (χ3n) is 2.49. The van der Waals surface area contributed by atoms with Gasteiger partial charge in [0.05, 0.1) is 10.0 Å². The van der Waals surface area contributed by atoms with Crippen molar-refractivity contribution in [3.05, 3.63) is 51.6 Å². The first-order chi connectivity index (χ1) is 9.17. The van der Waals surface area contributed by atoms with Gasteiger partial charge in [-0.25, -0.2) is 4.98 Å². The van der Waals surface area contributed by atoms with Gasteiger partial charge in [0, 0.05) is 23.2 Å². The van der Waals surface area contributed by atoms with Crippen molar-refractivity contribution in [2.45, 2.75) is 16.5 Å². The molecule has 0 atom stereocenters. The Labute approximate surface area is 125 Å². The van der Waals surface area contributed by atoms with E-state index in [1.165, 1.54) is 11.8 Å². The summed E-state index contributed by atoms with van der Waals surface area (Å²) in [5.74, 6) is 0. The molecule has 2 N–H and O–H groups in total. The van der Waals surface area contributed by atoms with Gasteiger partial charge in [-0.3, -0.25) is 4.79 Å². The first kappa shape index (κ1) is 14.3. The molecule has 0 spiro atoms. The van der Waals surface area contributed by atoms with Crippen LogP contribution >= 0.6 is 35.0 Å². The van der Waals surface area contributed by atoms with Gasteiger partial charge < -0.3 is 5.73 Å². The van der Waals surface area contributed by atoms with E-state index in [9.17, 15) is 4.79 Å². The molecule has 0 radical (unpaired) electrons. The quantitative estimate of drug-likeness (QED) is 0.872. The molecule has 2 aromatic rings. The number of halogens is 2. The highest BCUT2D eigenvalue weighted by atomic mass is 35.5. The molecule has 0 unspecified atom stereocenters. The number of benzene rings is 1. The van der Waals surface area contributed by atoms with E-state index in [0.29, 0.717) is 20.6 Å². The number of aromatic nitrogens is 1. The van der Waals surface area contributed by atoms with Crippen molar-refractivity contribution < 1.29 is 4.79 Å². The molecule has 0 saturated heterocycles. The van der Waals surface area contributed by atoms with Gasteiger partial charge in [-0.1, -0.05) is 35.0 Å². The lowest BCUT2D eigenvalue weighted by atomic mass is 10.2. The smallest absolute Gasteiger partial charge is 0.152 e. The summed E-state index contributed by atoms with van der Waals surface area (Å²) in [6.45, 7) is 0.269. The van der Waals surface area contributed by atoms with Crippen LogP contribution in [0.1, 0.15) is 15.9 Å². The molecule has 0 amide bonds. The summed E-state index contributed by atoms with van der Waals surface area (Å²) in [5, 5.41) is 1.52. The Morgan fingerprint density at radius 1 is 1.32 bits per heavy atom. The molecule has 0 bridgehead atoms. The third-order valence-corrected chi connectivity index (χ3v) is 4.47. The fourth-order valence-electron chi connectivity index (χ4n) is 1.54. The normalized spacial score (nSPS) is 10.5. The van der Waals surface area contributed by atoms with Crippen LogP contribution in [0.3, 0.4) is 0 Å². The van der Waals surface area contributed by atoms with Gasteiger partial charge >= 0.3 is 0 Å². The zero-order valence-electron chi connectivity index (χ0n) is 9.77. The Balaban J connectivity index is 2.44. The second-order valence-corrected chi connectivity index (χ2v) is 5.48. The van der Waals surface area contributed by atoms with E-state index in [1.54, 1.807) is 24.4 Å². The summed E-state index contributed by atoms with van der Waals surface area (Å²) in [6, 6.07) is 6.95. The molecule has 3 nitrogen and oxygen atoms in total. The number of carbonyl (C=O) groups excluding carboxylic acids is 1. The molecule has 2 rings (SSSR count). The zero-order valence-corrected chi connectivity index (χ0v) is 12.1. The third kappa shape index (κ3) is 3.09. The first-order valence-corrected chi connectivity index (χ1v) is 6.99. The average molecular weight is 313 g/mol. The molecular formula is C13H10Cl2N2OS. The Morgan fingerprint density at radius 3 is 2.79 bits per heavy atom. The van der Waals surface area contributed by atoms with E-state index in [2.05, 4.69) is 4.98 Å². The van der Waals surface area contributed by atoms with Crippen LogP contribution in [0, 0.1) is 0 Å². The minimum Gasteiger partial charge on any atom is -0.326 e. The van der Waals surface area contributed by atoms with Gasteiger partial charge in [-0.15, -0.1) is 0 Å². The topological polar surface area (TPSA) is 56.0 Å². The number of pyridine rings is 1. The second kappa shape index (κ2) is 6.39. The van der Waals surface area contributed by atoms with Crippen molar-refractivity contribution >= 4 is 41.2 Å². The van der Waals surface area contributed by atoms with Crippen LogP contribution < -0.4 is 5.73 Å². The van der Waals surface area contributed by atoms with E-state index < -0.39 is 0 Å². The van der Waals surface area contributed by atoms with Gasteiger partial charge in [-0.2, -0.15) is 0 Å². The van der Waals surface area contributed by atoms with Crippen LogP contribution in [-0.2, 0) is 6.54 Å². The lowest BCUT2D eigenvalue weighted by Crippen LogP contribution is -2.00. The summed E-state index contributed by atoms with van der Waals surface area (Å²) in [4.78, 5) is 16.0. The molecule has 1 aromatic heterocycles. The lowest BCUT2D eigenvalue weighted by Gasteiger charge is -2.10. The van der Waals surface area contributed by atoms with Gasteiger partial charge in [0.2, 0.25) is 0 Å². The van der Waals surface area contributed by atoms with Gasteiger partial charge in [-0.05, 0) is 29.8 Å². The summed E-state index contributed by atoms with van der Waals surface area (Å²) >= 11 is 13.4. The number of nitrogens with zero attached hydrogens (tertiary/aromatic N) is 1. The number of hydrogen-bond donors (Lipinski definition) is 1. The Kier molecular flexibility index (Phi) is 4.82. The standard InChI is InChI=1S/C13H10Cl2N2OS/c14-10-3-4-11(9(6-16)12(10)15)19-13-8(7-18)2-1-5-17-13/h1-5,7H,6,16H2. The van der Waals surface area contributed by atoms with Crippen molar-refractivity contribution in [3.63, 3.8) is 0 Å². The van der Waals surface area contributed by atoms with E-state index in [0.717, 1.165) is 16.7 Å². The molecule has 0 fully saturated rings. The second-order valence-electron chi connectivity index (χ2n) is 3.66. The van der Waals surface area contributed by atoms with Crippen molar-refractivity contribution in [2.24, 2.45) is 5.73 Å². The largest absolute Gasteiger partial charge is 0.326 e. The van der Waals surface area contributed by atoms with Crippen LogP contribution in [0.15, 0.2) is 40.4 Å². The summed E-state index contributed by atoms with van der Waals surface area (Å²) in [5.41, 5.74) is 6.98. The zero-order chi connectivity index (χ0) is 13.8.